The summed E-state index contributed by atoms with van der Waals surface area (Å²) in [5, 5.41) is 0. The fourth-order valence-electron chi connectivity index (χ4n) is 1.56. The van der Waals surface area contributed by atoms with Crippen molar-refractivity contribution < 1.29 is 0 Å². The monoisotopic (exact) mass is 254 g/mol. The summed E-state index contributed by atoms with van der Waals surface area (Å²) in [5.41, 5.74) is 4.61. The van der Waals surface area contributed by atoms with E-state index in [2.05, 4.69) is 33.3 Å². The van der Waals surface area contributed by atoms with E-state index in [0.29, 0.717) is 5.95 Å². The average Bonchev–Trinajstić information content (AvgIpc) is 2.56. The van der Waals surface area contributed by atoms with Gasteiger partial charge in [-0.2, -0.15) is 0 Å². The average molecular weight is 255 g/mol. The fourth-order valence-corrected chi connectivity index (χ4v) is 2.13. The molecule has 1 aromatic heterocycles. The van der Waals surface area contributed by atoms with Gasteiger partial charge in [0.2, 0.25) is 5.95 Å². The normalized spacial score (nSPS) is 10.8. The molecule has 0 saturated heterocycles. The van der Waals surface area contributed by atoms with E-state index in [1.165, 1.54) is 0 Å². The Labute approximate surface area is 90.2 Å². The van der Waals surface area contributed by atoms with Crippen molar-refractivity contribution in [3.63, 3.8) is 0 Å². The molecule has 0 aliphatic heterocycles. The number of benzene rings is 1. The van der Waals surface area contributed by atoms with Gasteiger partial charge >= 0.3 is 0 Å². The number of nitrogens with zero attached hydrogens (tertiary/aromatic N) is 2. The van der Waals surface area contributed by atoms with E-state index in [0.717, 1.165) is 22.1 Å². The van der Waals surface area contributed by atoms with Crippen molar-refractivity contribution in [2.24, 2.45) is 5.84 Å². The Morgan fingerprint density at radius 3 is 3.00 bits per heavy atom. The van der Waals surface area contributed by atoms with Crippen LogP contribution >= 0.6 is 15.9 Å². The molecule has 0 radical (unpaired) electrons. The van der Waals surface area contributed by atoms with Crippen LogP contribution in [0, 0.1) is 0 Å². The zero-order valence-electron chi connectivity index (χ0n) is 7.79. The van der Waals surface area contributed by atoms with Gasteiger partial charge in [-0.25, -0.2) is 10.8 Å². The summed E-state index contributed by atoms with van der Waals surface area (Å²) >= 11 is 3.50. The molecule has 1 heterocycles. The Morgan fingerprint density at radius 2 is 2.36 bits per heavy atom. The second-order valence-electron chi connectivity index (χ2n) is 2.93. The summed E-state index contributed by atoms with van der Waals surface area (Å²) in [5.74, 6) is 6.08. The lowest BCUT2D eigenvalue weighted by Crippen LogP contribution is -2.12. The predicted molar refractivity (Wildman–Crippen MR) is 60.9 cm³/mol. The van der Waals surface area contributed by atoms with Crippen LogP contribution in [0.4, 0.5) is 5.95 Å². The lowest BCUT2D eigenvalue weighted by molar-refractivity contribution is 0.790. The third kappa shape index (κ3) is 1.29. The molecule has 0 aliphatic rings. The van der Waals surface area contributed by atoms with E-state index in [-0.39, 0.29) is 0 Å². The molecule has 0 bridgehead atoms. The van der Waals surface area contributed by atoms with E-state index >= 15 is 0 Å². The number of nitrogens with two attached hydrogens (primary N) is 1. The third-order valence-corrected chi connectivity index (χ3v) is 2.80. The highest BCUT2D eigenvalue weighted by Gasteiger charge is 2.10. The van der Waals surface area contributed by atoms with Gasteiger partial charge in [0.1, 0.15) is 0 Å². The highest BCUT2D eigenvalue weighted by molar-refractivity contribution is 9.10. The topological polar surface area (TPSA) is 55.9 Å². The molecule has 5 heteroatoms. The van der Waals surface area contributed by atoms with Crippen LogP contribution in [-0.2, 0) is 6.54 Å². The number of nitrogens with one attached hydrogen (secondary N) is 1. The molecule has 0 unspecified atom stereocenters. The van der Waals surface area contributed by atoms with E-state index in [1.54, 1.807) is 0 Å². The standard InChI is InChI=1S/C9H11BrN4/c1-2-14-8-6(10)4-3-5-7(8)12-9(14)13-11/h3-5H,2,11H2,1H3,(H,12,13). The molecule has 0 fully saturated rings. The van der Waals surface area contributed by atoms with Crippen LogP contribution in [0.15, 0.2) is 22.7 Å². The fraction of sp³-hybridized carbons (Fsp3) is 0.222. The maximum atomic E-state index is 5.39. The van der Waals surface area contributed by atoms with Crippen molar-refractivity contribution in [1.82, 2.24) is 9.55 Å². The van der Waals surface area contributed by atoms with Gasteiger partial charge in [-0.1, -0.05) is 6.07 Å². The number of hydrogen-bond donors (Lipinski definition) is 2. The number of hydrazine groups is 1. The Kier molecular flexibility index (Phi) is 2.43. The molecule has 0 aliphatic carbocycles. The first-order valence-electron chi connectivity index (χ1n) is 4.39. The minimum atomic E-state index is 0.689. The number of fused-ring (bicyclic) bond motifs is 1. The Morgan fingerprint density at radius 1 is 1.57 bits per heavy atom. The lowest BCUT2D eigenvalue weighted by Gasteiger charge is -2.04. The number of anilines is 1. The van der Waals surface area contributed by atoms with Gasteiger partial charge < -0.3 is 4.57 Å². The van der Waals surface area contributed by atoms with Gasteiger partial charge in [0.05, 0.1) is 11.0 Å². The van der Waals surface area contributed by atoms with E-state index in [4.69, 9.17) is 5.84 Å². The molecule has 0 atom stereocenters. The molecule has 0 saturated carbocycles. The first-order valence-corrected chi connectivity index (χ1v) is 5.18. The molecular weight excluding hydrogens is 244 g/mol. The first-order chi connectivity index (χ1) is 6.77. The largest absolute Gasteiger partial charge is 0.309 e. The summed E-state index contributed by atoms with van der Waals surface area (Å²) in [6, 6.07) is 5.92. The second-order valence-corrected chi connectivity index (χ2v) is 3.79. The number of aryl methyl sites for hydroxylation is 1. The first kappa shape index (κ1) is 9.48. The van der Waals surface area contributed by atoms with E-state index in [9.17, 15) is 0 Å². The molecule has 4 nitrogen and oxygen atoms in total. The molecule has 0 amide bonds. The zero-order valence-corrected chi connectivity index (χ0v) is 9.37. The second kappa shape index (κ2) is 3.59. The maximum Gasteiger partial charge on any atom is 0.218 e. The van der Waals surface area contributed by atoms with E-state index < -0.39 is 0 Å². The summed E-state index contributed by atoms with van der Waals surface area (Å²) in [7, 11) is 0. The third-order valence-electron chi connectivity index (χ3n) is 2.16. The van der Waals surface area contributed by atoms with Crippen LogP contribution in [0.3, 0.4) is 0 Å². The van der Waals surface area contributed by atoms with Gasteiger partial charge in [-0.3, -0.25) is 5.43 Å². The Balaban J connectivity index is 2.81. The van der Waals surface area contributed by atoms with Crippen LogP contribution in [0.2, 0.25) is 0 Å². The van der Waals surface area contributed by atoms with Crippen LogP contribution in [0.5, 0.6) is 0 Å². The number of nitrogen functional groups attached to an aromatic ring is 1. The summed E-state index contributed by atoms with van der Waals surface area (Å²) in [6.07, 6.45) is 0. The summed E-state index contributed by atoms with van der Waals surface area (Å²) in [6.45, 7) is 2.89. The van der Waals surface area contributed by atoms with Gasteiger partial charge in [-0.05, 0) is 35.0 Å². The van der Waals surface area contributed by atoms with Crippen LogP contribution in [-0.4, -0.2) is 9.55 Å². The smallest absolute Gasteiger partial charge is 0.218 e. The molecule has 1 aromatic carbocycles. The Bertz CT molecular complexity index is 463. The van der Waals surface area contributed by atoms with E-state index in [1.807, 2.05) is 22.8 Å². The van der Waals surface area contributed by atoms with Crippen molar-refractivity contribution >= 4 is 32.9 Å². The quantitative estimate of drug-likeness (QED) is 0.638. The van der Waals surface area contributed by atoms with Gasteiger partial charge in [-0.15, -0.1) is 0 Å². The lowest BCUT2D eigenvalue weighted by atomic mass is 10.3. The maximum absolute atomic E-state index is 5.39. The van der Waals surface area contributed by atoms with Crippen molar-refractivity contribution in [2.75, 3.05) is 5.43 Å². The predicted octanol–water partition coefficient (Wildman–Crippen LogP) is 2.10. The molecule has 3 N–H and O–H groups in total. The van der Waals surface area contributed by atoms with Gasteiger partial charge in [0.15, 0.2) is 0 Å². The van der Waals surface area contributed by atoms with Crippen molar-refractivity contribution in [2.45, 2.75) is 13.5 Å². The SMILES string of the molecule is CCn1c(NN)nc2cccc(Br)c21. The van der Waals surface area contributed by atoms with Crippen molar-refractivity contribution in [1.29, 1.82) is 0 Å². The number of aromatic nitrogens is 2. The van der Waals surface area contributed by atoms with Crippen LogP contribution in [0.25, 0.3) is 11.0 Å². The van der Waals surface area contributed by atoms with Gasteiger partial charge in [0, 0.05) is 11.0 Å². The highest BCUT2D eigenvalue weighted by Crippen LogP contribution is 2.26. The Hall–Kier alpha value is -1.07. The minimum absolute atomic E-state index is 0.689. The molecule has 74 valence electrons. The molecular formula is C9H11BrN4. The molecule has 14 heavy (non-hydrogen) atoms. The minimum Gasteiger partial charge on any atom is -0.309 e. The number of halogens is 1. The zero-order chi connectivity index (χ0) is 10.1. The molecule has 0 spiro atoms. The molecule has 2 rings (SSSR count). The number of rotatable bonds is 2. The summed E-state index contributed by atoms with van der Waals surface area (Å²) in [4.78, 5) is 4.36. The number of imidazole rings is 1. The number of para-hydroxylation sites is 1. The van der Waals surface area contributed by atoms with Crippen LogP contribution < -0.4 is 11.3 Å². The van der Waals surface area contributed by atoms with Crippen LogP contribution in [0.1, 0.15) is 6.92 Å². The van der Waals surface area contributed by atoms with Crippen molar-refractivity contribution in [3.05, 3.63) is 22.7 Å². The van der Waals surface area contributed by atoms with Gasteiger partial charge in [0.25, 0.3) is 0 Å². The molecule has 2 aromatic rings. The number of hydrogen-bond acceptors (Lipinski definition) is 3. The van der Waals surface area contributed by atoms with Crippen molar-refractivity contribution in [3.8, 4) is 0 Å². The highest BCUT2D eigenvalue weighted by atomic mass is 79.9. The summed E-state index contributed by atoms with van der Waals surface area (Å²) < 4.78 is 3.06.